The fourth-order valence-electron chi connectivity index (χ4n) is 4.70. The second kappa shape index (κ2) is 10.5. The first-order valence-electron chi connectivity index (χ1n) is 11.3. The van der Waals surface area contributed by atoms with E-state index in [2.05, 4.69) is 75.9 Å². The fourth-order valence-corrected chi connectivity index (χ4v) is 4.70. The molecule has 33 heavy (non-hydrogen) atoms. The van der Waals surface area contributed by atoms with Gasteiger partial charge >= 0.3 is 0 Å². The molecule has 3 aromatic rings. The van der Waals surface area contributed by atoms with Crippen LogP contribution in [0.2, 0.25) is 0 Å². The van der Waals surface area contributed by atoms with Crippen molar-refractivity contribution in [2.75, 3.05) is 19.6 Å². The van der Waals surface area contributed by atoms with Gasteiger partial charge < -0.3 is 10.2 Å². The molecular weight excluding hydrogens is 430 g/mol. The Morgan fingerprint density at radius 3 is 2.18 bits per heavy atom. The smallest absolute Gasteiger partial charge is 0.251 e. The van der Waals surface area contributed by atoms with E-state index in [9.17, 15) is 4.79 Å². The van der Waals surface area contributed by atoms with Gasteiger partial charge in [0, 0.05) is 48.9 Å². The number of fused-ring (bicyclic) bond motifs is 2. The van der Waals surface area contributed by atoms with E-state index >= 15 is 0 Å². The number of aromatic nitrogens is 1. The van der Waals surface area contributed by atoms with E-state index in [1.54, 1.807) is 24.5 Å². The van der Waals surface area contributed by atoms with Gasteiger partial charge in [0.25, 0.3) is 5.91 Å². The molecule has 0 bridgehead atoms. The number of hydrogen-bond acceptors (Lipinski definition) is 3. The SMILES string of the molecule is Cl.O=C(NCCN1CCCCC1=C1c2ccccc2C=Cc2ccccc21)c1ccncc1. The number of amides is 1. The first kappa shape index (κ1) is 22.8. The van der Waals surface area contributed by atoms with Crippen LogP contribution in [0.1, 0.15) is 51.9 Å². The zero-order valence-electron chi connectivity index (χ0n) is 18.5. The molecule has 1 aliphatic heterocycles. The Labute approximate surface area is 201 Å². The fraction of sp³-hybridized carbons (Fsp3) is 0.214. The first-order valence-corrected chi connectivity index (χ1v) is 11.3. The van der Waals surface area contributed by atoms with E-state index in [1.165, 1.54) is 46.4 Å². The molecule has 168 valence electrons. The van der Waals surface area contributed by atoms with Crippen LogP contribution in [-0.4, -0.2) is 35.4 Å². The number of piperidine rings is 1. The molecule has 1 amide bonds. The number of hydrogen-bond donors (Lipinski definition) is 1. The van der Waals surface area contributed by atoms with Crippen LogP contribution in [0.4, 0.5) is 0 Å². The van der Waals surface area contributed by atoms with Crippen LogP contribution in [0.15, 0.2) is 78.8 Å². The third-order valence-corrected chi connectivity index (χ3v) is 6.27. The Kier molecular flexibility index (Phi) is 7.26. The van der Waals surface area contributed by atoms with E-state index in [0.717, 1.165) is 19.5 Å². The molecule has 1 saturated heterocycles. The zero-order valence-corrected chi connectivity index (χ0v) is 19.4. The molecule has 2 aromatic carbocycles. The number of nitrogens with one attached hydrogen (secondary N) is 1. The molecule has 1 aromatic heterocycles. The van der Waals surface area contributed by atoms with Crippen molar-refractivity contribution < 1.29 is 4.79 Å². The maximum absolute atomic E-state index is 12.5. The highest BCUT2D eigenvalue weighted by Gasteiger charge is 2.24. The molecule has 0 atom stereocenters. The van der Waals surface area contributed by atoms with Crippen LogP contribution >= 0.6 is 12.4 Å². The van der Waals surface area contributed by atoms with Gasteiger partial charge in [-0.25, -0.2) is 0 Å². The van der Waals surface area contributed by atoms with Crippen LogP contribution in [-0.2, 0) is 0 Å². The zero-order chi connectivity index (χ0) is 21.8. The normalized spacial score (nSPS) is 14.6. The van der Waals surface area contributed by atoms with Crippen LogP contribution in [0.3, 0.4) is 0 Å². The molecule has 0 unspecified atom stereocenters. The summed E-state index contributed by atoms with van der Waals surface area (Å²) in [6, 6.07) is 20.8. The Hall–Kier alpha value is -3.37. The largest absolute Gasteiger partial charge is 0.373 e. The highest BCUT2D eigenvalue weighted by molar-refractivity contribution is 5.95. The van der Waals surface area contributed by atoms with E-state index in [0.29, 0.717) is 12.1 Å². The van der Waals surface area contributed by atoms with Gasteiger partial charge in [-0.05, 0) is 53.6 Å². The highest BCUT2D eigenvalue weighted by Crippen LogP contribution is 2.39. The van der Waals surface area contributed by atoms with Crippen molar-refractivity contribution in [1.82, 2.24) is 15.2 Å². The number of pyridine rings is 1. The number of likely N-dealkylation sites (tertiary alicyclic amines) is 1. The van der Waals surface area contributed by atoms with Gasteiger partial charge in [-0.15, -0.1) is 12.4 Å². The lowest BCUT2D eigenvalue weighted by atomic mass is 9.89. The van der Waals surface area contributed by atoms with Gasteiger partial charge in [-0.2, -0.15) is 0 Å². The molecule has 0 saturated carbocycles. The summed E-state index contributed by atoms with van der Waals surface area (Å²) in [5.41, 5.74) is 8.45. The number of carbonyl (C=O) groups excluding carboxylic acids is 1. The van der Waals surface area contributed by atoms with Crippen LogP contribution in [0.25, 0.3) is 17.7 Å². The van der Waals surface area contributed by atoms with Crippen LogP contribution in [0, 0.1) is 0 Å². The van der Waals surface area contributed by atoms with Crippen LogP contribution < -0.4 is 5.32 Å². The summed E-state index contributed by atoms with van der Waals surface area (Å²) in [6.45, 7) is 2.43. The molecule has 2 aliphatic rings. The van der Waals surface area contributed by atoms with Gasteiger partial charge in [0.15, 0.2) is 0 Å². The molecule has 2 heterocycles. The lowest BCUT2D eigenvalue weighted by Crippen LogP contribution is -2.37. The van der Waals surface area contributed by atoms with E-state index < -0.39 is 0 Å². The molecule has 4 nitrogen and oxygen atoms in total. The summed E-state index contributed by atoms with van der Waals surface area (Å²) in [4.78, 5) is 18.9. The third-order valence-electron chi connectivity index (χ3n) is 6.27. The van der Waals surface area contributed by atoms with Crippen molar-refractivity contribution in [2.24, 2.45) is 0 Å². The molecule has 1 N–H and O–H groups in total. The van der Waals surface area contributed by atoms with Gasteiger partial charge in [0.05, 0.1) is 0 Å². The number of nitrogens with zero attached hydrogens (tertiary/aromatic N) is 2. The lowest BCUT2D eigenvalue weighted by Gasteiger charge is -2.34. The molecule has 1 aliphatic carbocycles. The summed E-state index contributed by atoms with van der Waals surface area (Å²) in [5.74, 6) is -0.0482. The van der Waals surface area contributed by atoms with Crippen molar-refractivity contribution >= 4 is 36.0 Å². The molecule has 5 heteroatoms. The minimum absolute atomic E-state index is 0. The number of rotatable bonds is 4. The maximum atomic E-state index is 12.5. The summed E-state index contributed by atoms with van der Waals surface area (Å²) in [5, 5.41) is 3.08. The van der Waals surface area contributed by atoms with Crippen LogP contribution in [0.5, 0.6) is 0 Å². The van der Waals surface area contributed by atoms with E-state index in [-0.39, 0.29) is 18.3 Å². The Morgan fingerprint density at radius 2 is 1.52 bits per heavy atom. The second-order valence-corrected chi connectivity index (χ2v) is 8.27. The summed E-state index contributed by atoms with van der Waals surface area (Å²) < 4.78 is 0. The molecular formula is C28H28ClN3O. The quantitative estimate of drug-likeness (QED) is 0.430. The number of allylic oxidation sites excluding steroid dienone is 1. The topological polar surface area (TPSA) is 45.2 Å². The third kappa shape index (κ3) is 4.86. The van der Waals surface area contributed by atoms with E-state index in [4.69, 9.17) is 0 Å². The maximum Gasteiger partial charge on any atom is 0.251 e. The van der Waals surface area contributed by atoms with Gasteiger partial charge in [-0.1, -0.05) is 60.7 Å². The second-order valence-electron chi connectivity index (χ2n) is 8.27. The number of benzene rings is 2. The summed E-state index contributed by atoms with van der Waals surface area (Å²) in [7, 11) is 0. The average molecular weight is 458 g/mol. The summed E-state index contributed by atoms with van der Waals surface area (Å²) in [6.07, 6.45) is 11.2. The molecule has 5 rings (SSSR count). The van der Waals surface area contributed by atoms with Gasteiger partial charge in [0.1, 0.15) is 0 Å². The van der Waals surface area contributed by atoms with Gasteiger partial charge in [0.2, 0.25) is 0 Å². The highest BCUT2D eigenvalue weighted by atomic mass is 35.5. The van der Waals surface area contributed by atoms with Crippen molar-refractivity contribution in [3.8, 4) is 0 Å². The monoisotopic (exact) mass is 457 g/mol. The van der Waals surface area contributed by atoms with Gasteiger partial charge in [-0.3, -0.25) is 9.78 Å². The number of halogens is 1. The van der Waals surface area contributed by atoms with Crippen molar-refractivity contribution in [2.45, 2.75) is 19.3 Å². The predicted octanol–water partition coefficient (Wildman–Crippen LogP) is 5.66. The lowest BCUT2D eigenvalue weighted by molar-refractivity contribution is 0.0949. The Balaban J connectivity index is 0.00000259. The van der Waals surface area contributed by atoms with Crippen molar-refractivity contribution in [1.29, 1.82) is 0 Å². The predicted molar refractivity (Wildman–Crippen MR) is 137 cm³/mol. The Bertz CT molecular complexity index is 1140. The minimum Gasteiger partial charge on any atom is -0.373 e. The standard InChI is InChI=1S/C28H27N3O.ClH/c32-28(23-14-16-29-17-15-23)30-18-20-31-19-6-5-11-26(31)27-24-9-3-1-7-21(24)12-13-22-8-2-4-10-25(22)27;/h1-4,7-10,12-17H,5-6,11,18-20H2,(H,30,32);1H. The van der Waals surface area contributed by atoms with Crippen molar-refractivity contribution in [3.05, 3.63) is 107 Å². The Morgan fingerprint density at radius 1 is 0.879 bits per heavy atom. The number of carbonyl (C=O) groups is 1. The molecule has 1 fully saturated rings. The molecule has 0 radical (unpaired) electrons. The van der Waals surface area contributed by atoms with Crippen molar-refractivity contribution in [3.63, 3.8) is 0 Å². The average Bonchev–Trinajstić information content (AvgIpc) is 3.02. The molecule has 0 spiro atoms. The van der Waals surface area contributed by atoms with E-state index in [1.807, 2.05) is 0 Å². The summed E-state index contributed by atoms with van der Waals surface area (Å²) >= 11 is 0. The first-order chi connectivity index (χ1) is 15.8. The minimum atomic E-state index is -0.0482.